The number of hydrogen-bond donors (Lipinski definition) is 2. The van der Waals surface area contributed by atoms with E-state index in [1.54, 1.807) is 6.07 Å². The molecule has 3 rings (SSSR count). The van der Waals surface area contributed by atoms with Crippen molar-refractivity contribution in [2.75, 3.05) is 6.54 Å². The van der Waals surface area contributed by atoms with Crippen LogP contribution in [0.4, 0.5) is 0 Å². The first-order valence-corrected chi connectivity index (χ1v) is 7.04. The summed E-state index contributed by atoms with van der Waals surface area (Å²) in [7, 11) is 0. The van der Waals surface area contributed by atoms with Gasteiger partial charge >= 0.3 is 0 Å². The van der Waals surface area contributed by atoms with Crippen molar-refractivity contribution in [1.29, 1.82) is 0 Å². The molecule has 1 aliphatic rings. The third-order valence-corrected chi connectivity index (χ3v) is 4.20. The van der Waals surface area contributed by atoms with Crippen LogP contribution in [0.3, 0.4) is 0 Å². The average Bonchev–Trinajstić information content (AvgIpc) is 3.19. The van der Waals surface area contributed by atoms with E-state index in [-0.39, 0.29) is 11.4 Å². The van der Waals surface area contributed by atoms with Crippen molar-refractivity contribution in [2.24, 2.45) is 11.7 Å². The van der Waals surface area contributed by atoms with Crippen molar-refractivity contribution < 1.29 is 9.21 Å². The molecule has 0 saturated heterocycles. The van der Waals surface area contributed by atoms with Gasteiger partial charge in [0.25, 0.3) is 5.91 Å². The second kappa shape index (κ2) is 4.63. The minimum atomic E-state index is -0.327. The number of fused-ring (bicyclic) bond motifs is 1. The Hall–Kier alpha value is -1.81. The summed E-state index contributed by atoms with van der Waals surface area (Å²) in [6.45, 7) is 4.48. The Kier molecular flexibility index (Phi) is 3.05. The van der Waals surface area contributed by atoms with Gasteiger partial charge in [-0.05, 0) is 50.8 Å². The highest BCUT2D eigenvalue weighted by molar-refractivity contribution is 5.96. The van der Waals surface area contributed by atoms with E-state index in [2.05, 4.69) is 5.32 Å². The predicted octanol–water partition coefficient (Wildman–Crippen LogP) is 2.60. The van der Waals surface area contributed by atoms with E-state index in [0.717, 1.165) is 29.4 Å². The number of carbonyl (C=O) groups excluding carboxylic acids is 1. The summed E-state index contributed by atoms with van der Waals surface area (Å²) < 4.78 is 5.62. The first-order valence-electron chi connectivity index (χ1n) is 7.04. The summed E-state index contributed by atoms with van der Waals surface area (Å²) in [6, 6.07) is 7.67. The molecule has 1 aliphatic carbocycles. The van der Waals surface area contributed by atoms with Crippen LogP contribution >= 0.6 is 0 Å². The third-order valence-electron chi connectivity index (χ3n) is 4.20. The summed E-state index contributed by atoms with van der Waals surface area (Å²) in [5, 5.41) is 3.99. The fourth-order valence-corrected chi connectivity index (χ4v) is 2.64. The largest absolute Gasteiger partial charge is 0.451 e. The van der Waals surface area contributed by atoms with Gasteiger partial charge in [0.1, 0.15) is 5.58 Å². The van der Waals surface area contributed by atoms with Gasteiger partial charge in [0, 0.05) is 11.9 Å². The van der Waals surface area contributed by atoms with Gasteiger partial charge in [-0.3, -0.25) is 4.79 Å². The number of benzene rings is 1. The SMILES string of the molecule is Cc1ccc2oc(C(=O)NC(C)(CN)C3CC3)cc2c1. The molecule has 1 unspecified atom stereocenters. The van der Waals surface area contributed by atoms with Gasteiger partial charge < -0.3 is 15.5 Å². The standard InChI is InChI=1S/C16H20N2O2/c1-10-3-6-13-11(7-10)8-14(20-13)15(19)18-16(2,9-17)12-4-5-12/h3,6-8,12H,4-5,9,17H2,1-2H3,(H,18,19). The fourth-order valence-electron chi connectivity index (χ4n) is 2.64. The molecule has 1 aromatic heterocycles. The van der Waals surface area contributed by atoms with E-state index >= 15 is 0 Å². The number of nitrogens with two attached hydrogens (primary N) is 1. The van der Waals surface area contributed by atoms with Gasteiger partial charge in [-0.25, -0.2) is 0 Å². The highest BCUT2D eigenvalue weighted by atomic mass is 16.3. The lowest BCUT2D eigenvalue weighted by Gasteiger charge is -2.28. The second-order valence-corrected chi connectivity index (χ2v) is 6.00. The van der Waals surface area contributed by atoms with Gasteiger partial charge in [-0.15, -0.1) is 0 Å². The molecule has 20 heavy (non-hydrogen) atoms. The molecular weight excluding hydrogens is 252 g/mol. The highest BCUT2D eigenvalue weighted by Gasteiger charge is 2.42. The zero-order chi connectivity index (χ0) is 14.3. The fraction of sp³-hybridized carbons (Fsp3) is 0.438. The van der Waals surface area contributed by atoms with Crippen LogP contribution in [0, 0.1) is 12.8 Å². The van der Waals surface area contributed by atoms with Crippen molar-refractivity contribution in [1.82, 2.24) is 5.32 Å². The lowest BCUT2D eigenvalue weighted by molar-refractivity contribution is 0.0871. The van der Waals surface area contributed by atoms with Crippen LogP contribution in [0.25, 0.3) is 11.0 Å². The van der Waals surface area contributed by atoms with Crippen LogP contribution in [-0.2, 0) is 0 Å². The first-order chi connectivity index (χ1) is 9.51. The molecule has 0 radical (unpaired) electrons. The first kappa shape index (κ1) is 13.2. The Morgan fingerprint density at radius 3 is 2.85 bits per heavy atom. The van der Waals surface area contributed by atoms with Gasteiger partial charge in [0.2, 0.25) is 0 Å². The number of rotatable bonds is 4. The van der Waals surface area contributed by atoms with Crippen molar-refractivity contribution in [3.05, 3.63) is 35.6 Å². The van der Waals surface area contributed by atoms with E-state index in [9.17, 15) is 4.79 Å². The maximum Gasteiger partial charge on any atom is 0.287 e. The van der Waals surface area contributed by atoms with E-state index in [1.165, 1.54) is 0 Å². The number of furan rings is 1. The maximum atomic E-state index is 12.3. The molecule has 0 aliphatic heterocycles. The van der Waals surface area contributed by atoms with Gasteiger partial charge in [0.05, 0.1) is 5.54 Å². The van der Waals surface area contributed by atoms with E-state index in [1.807, 2.05) is 32.0 Å². The maximum absolute atomic E-state index is 12.3. The van der Waals surface area contributed by atoms with Crippen LogP contribution in [0.1, 0.15) is 35.9 Å². The molecule has 0 spiro atoms. The molecule has 1 fully saturated rings. The highest BCUT2D eigenvalue weighted by Crippen LogP contribution is 2.39. The molecule has 1 heterocycles. The van der Waals surface area contributed by atoms with Gasteiger partial charge in [-0.2, -0.15) is 0 Å². The summed E-state index contributed by atoms with van der Waals surface area (Å²) >= 11 is 0. The van der Waals surface area contributed by atoms with Crippen molar-refractivity contribution in [3.63, 3.8) is 0 Å². The van der Waals surface area contributed by atoms with Crippen molar-refractivity contribution in [2.45, 2.75) is 32.2 Å². The Morgan fingerprint density at radius 1 is 1.45 bits per heavy atom. The summed E-state index contributed by atoms with van der Waals surface area (Å²) in [5.41, 5.74) is 7.38. The summed E-state index contributed by atoms with van der Waals surface area (Å²) in [4.78, 5) is 12.3. The second-order valence-electron chi connectivity index (χ2n) is 6.00. The van der Waals surface area contributed by atoms with Gasteiger partial charge in [0.15, 0.2) is 5.76 Å². The smallest absolute Gasteiger partial charge is 0.287 e. The molecule has 1 aromatic carbocycles. The molecular formula is C16H20N2O2. The topological polar surface area (TPSA) is 68.3 Å². The van der Waals surface area contributed by atoms with E-state index in [4.69, 9.17) is 10.2 Å². The predicted molar refractivity (Wildman–Crippen MR) is 78.6 cm³/mol. The zero-order valence-corrected chi connectivity index (χ0v) is 11.9. The Balaban J connectivity index is 1.85. The van der Waals surface area contributed by atoms with Crippen molar-refractivity contribution in [3.8, 4) is 0 Å². The average molecular weight is 272 g/mol. The quantitative estimate of drug-likeness (QED) is 0.899. The molecule has 4 heteroatoms. The number of carbonyl (C=O) groups is 1. The number of nitrogens with one attached hydrogen (secondary N) is 1. The Morgan fingerprint density at radius 2 is 2.20 bits per heavy atom. The Bertz CT molecular complexity index is 658. The van der Waals surface area contributed by atoms with E-state index < -0.39 is 0 Å². The minimum absolute atomic E-state index is 0.182. The summed E-state index contributed by atoms with van der Waals surface area (Å²) in [6.07, 6.45) is 2.26. The minimum Gasteiger partial charge on any atom is -0.451 e. The monoisotopic (exact) mass is 272 g/mol. The molecule has 1 amide bonds. The summed E-state index contributed by atoms with van der Waals surface area (Å²) in [5.74, 6) is 0.660. The molecule has 1 saturated carbocycles. The molecule has 2 aromatic rings. The lowest BCUT2D eigenvalue weighted by atomic mass is 9.96. The zero-order valence-electron chi connectivity index (χ0n) is 11.9. The molecule has 1 atom stereocenters. The molecule has 4 nitrogen and oxygen atoms in total. The van der Waals surface area contributed by atoms with Crippen LogP contribution in [0.2, 0.25) is 0 Å². The molecule has 106 valence electrons. The normalized spacial score (nSPS) is 17.9. The van der Waals surface area contributed by atoms with Crippen LogP contribution in [0.15, 0.2) is 28.7 Å². The third kappa shape index (κ3) is 2.31. The number of aryl methyl sites for hydroxylation is 1. The van der Waals surface area contributed by atoms with Crippen LogP contribution < -0.4 is 11.1 Å². The lowest BCUT2D eigenvalue weighted by Crippen LogP contribution is -2.53. The molecule has 3 N–H and O–H groups in total. The van der Waals surface area contributed by atoms with Crippen molar-refractivity contribution >= 4 is 16.9 Å². The Labute approximate surface area is 118 Å². The number of hydrogen-bond acceptors (Lipinski definition) is 3. The molecule has 0 bridgehead atoms. The van der Waals surface area contributed by atoms with Crippen LogP contribution in [-0.4, -0.2) is 18.0 Å². The van der Waals surface area contributed by atoms with Crippen LogP contribution in [0.5, 0.6) is 0 Å². The number of amides is 1. The van der Waals surface area contributed by atoms with Gasteiger partial charge in [-0.1, -0.05) is 11.6 Å². The van der Waals surface area contributed by atoms with E-state index in [0.29, 0.717) is 18.2 Å².